The number of aromatic amines is 1. The molecule has 0 radical (unpaired) electrons. The largest absolute Gasteiger partial charge is 0.497 e. The second-order valence-electron chi connectivity index (χ2n) is 6.47. The highest BCUT2D eigenvalue weighted by atomic mass is 19.1. The van der Waals surface area contributed by atoms with Crippen LogP contribution in [0.4, 0.5) is 4.39 Å². The monoisotopic (exact) mass is 369 g/mol. The summed E-state index contributed by atoms with van der Waals surface area (Å²) in [5.74, 6) is 0.934. The van der Waals surface area contributed by atoms with E-state index in [2.05, 4.69) is 26.1 Å². The zero-order chi connectivity index (χ0) is 18.8. The average molecular weight is 369 g/mol. The lowest BCUT2D eigenvalue weighted by Crippen LogP contribution is -2.43. The highest BCUT2D eigenvalue weighted by molar-refractivity contribution is 5.82. The van der Waals surface area contributed by atoms with Gasteiger partial charge in [-0.2, -0.15) is 0 Å². The number of nitrogens with one attached hydrogen (secondary N) is 4. The Bertz CT molecular complexity index is 956. The highest BCUT2D eigenvalue weighted by Crippen LogP contribution is 2.24. The van der Waals surface area contributed by atoms with Crippen molar-refractivity contribution in [3.05, 3.63) is 59.7 Å². The van der Waals surface area contributed by atoms with Crippen molar-refractivity contribution in [2.45, 2.75) is 25.0 Å². The molecule has 27 heavy (non-hydrogen) atoms. The number of H-pyrrole nitrogens is 1. The fraction of sp³-hybridized carbons (Fsp3) is 0.263. The Hall–Kier alpha value is -2.97. The standard InChI is InChI=1S/C19H20FN5O2/c1-27-13-5-2-11(3-6-13)15-9-17(25-24-15)19(26)21-10-18-22-14-7-4-12(20)8-16(14)23-18/h2-8,15,17,24-25H,9-10H2,1H3,(H,21,26)(H,22,23). The Morgan fingerprint density at radius 2 is 2.07 bits per heavy atom. The van der Waals surface area contributed by atoms with E-state index < -0.39 is 0 Å². The van der Waals surface area contributed by atoms with Crippen LogP contribution in [0.2, 0.25) is 0 Å². The molecular formula is C19H20FN5O2. The van der Waals surface area contributed by atoms with Crippen LogP contribution in [0.1, 0.15) is 23.9 Å². The summed E-state index contributed by atoms with van der Waals surface area (Å²) in [6.07, 6.45) is 0.628. The zero-order valence-electron chi connectivity index (χ0n) is 14.8. The molecule has 2 heterocycles. The van der Waals surface area contributed by atoms with Crippen LogP contribution in [0.3, 0.4) is 0 Å². The summed E-state index contributed by atoms with van der Waals surface area (Å²) < 4.78 is 18.4. The van der Waals surface area contributed by atoms with E-state index in [1.807, 2.05) is 24.3 Å². The molecular weight excluding hydrogens is 349 g/mol. The molecule has 1 aliphatic rings. The van der Waals surface area contributed by atoms with Crippen LogP contribution < -0.4 is 20.9 Å². The van der Waals surface area contributed by atoms with E-state index in [9.17, 15) is 9.18 Å². The molecule has 8 heteroatoms. The number of benzene rings is 2. The van der Waals surface area contributed by atoms with Crippen LogP contribution in [0.15, 0.2) is 42.5 Å². The molecule has 0 bridgehead atoms. The zero-order valence-corrected chi connectivity index (χ0v) is 14.8. The maximum atomic E-state index is 13.2. The quantitative estimate of drug-likeness (QED) is 0.552. The van der Waals surface area contributed by atoms with E-state index in [0.29, 0.717) is 23.3 Å². The number of ether oxygens (including phenoxy) is 1. The van der Waals surface area contributed by atoms with Gasteiger partial charge in [0, 0.05) is 6.04 Å². The van der Waals surface area contributed by atoms with Gasteiger partial charge in [0.25, 0.3) is 0 Å². The first-order valence-electron chi connectivity index (χ1n) is 8.69. The number of methoxy groups -OCH3 is 1. The van der Waals surface area contributed by atoms with Crippen LogP contribution >= 0.6 is 0 Å². The van der Waals surface area contributed by atoms with Crippen molar-refractivity contribution in [3.8, 4) is 5.75 Å². The number of aromatic nitrogens is 2. The van der Waals surface area contributed by atoms with Gasteiger partial charge in [0.15, 0.2) is 0 Å². The molecule has 1 fully saturated rings. The molecule has 0 aliphatic carbocycles. The lowest BCUT2D eigenvalue weighted by molar-refractivity contribution is -0.123. The van der Waals surface area contributed by atoms with Crippen LogP contribution in [0, 0.1) is 5.82 Å². The summed E-state index contributed by atoms with van der Waals surface area (Å²) in [6, 6.07) is 11.8. The van der Waals surface area contributed by atoms with Crippen molar-refractivity contribution in [1.82, 2.24) is 26.1 Å². The number of hydrogen-bond acceptors (Lipinski definition) is 5. The van der Waals surface area contributed by atoms with E-state index in [1.165, 1.54) is 12.1 Å². The normalized spacial score (nSPS) is 19.3. The first kappa shape index (κ1) is 17.4. The number of hydrazine groups is 1. The van der Waals surface area contributed by atoms with Gasteiger partial charge in [-0.1, -0.05) is 12.1 Å². The Balaban J connectivity index is 1.34. The van der Waals surface area contributed by atoms with Gasteiger partial charge in [-0.25, -0.2) is 20.2 Å². The SMILES string of the molecule is COc1ccc(C2CC(C(=O)NCc3nc4ccc(F)cc4[nH]3)NN2)cc1. The molecule has 1 amide bonds. The second kappa shape index (κ2) is 7.34. The minimum atomic E-state index is -0.348. The maximum Gasteiger partial charge on any atom is 0.238 e. The summed E-state index contributed by atoms with van der Waals surface area (Å²) >= 11 is 0. The third kappa shape index (κ3) is 3.76. The Labute approximate surface area is 155 Å². The lowest BCUT2D eigenvalue weighted by Gasteiger charge is -2.10. The number of carbonyl (C=O) groups excluding carboxylic acids is 1. The number of halogens is 1. The van der Waals surface area contributed by atoms with Gasteiger partial charge in [-0.3, -0.25) is 4.79 Å². The summed E-state index contributed by atoms with van der Waals surface area (Å²) in [4.78, 5) is 19.8. The van der Waals surface area contributed by atoms with E-state index >= 15 is 0 Å². The van der Waals surface area contributed by atoms with Crippen molar-refractivity contribution >= 4 is 16.9 Å². The number of carbonyl (C=O) groups is 1. The molecule has 140 valence electrons. The third-order valence-electron chi connectivity index (χ3n) is 4.66. The number of hydrogen-bond donors (Lipinski definition) is 4. The Morgan fingerprint density at radius 3 is 2.85 bits per heavy atom. The molecule has 4 N–H and O–H groups in total. The van der Waals surface area contributed by atoms with Crippen LogP contribution in [-0.2, 0) is 11.3 Å². The molecule has 2 unspecified atom stereocenters. The van der Waals surface area contributed by atoms with Gasteiger partial charge < -0.3 is 15.0 Å². The second-order valence-corrected chi connectivity index (χ2v) is 6.47. The lowest BCUT2D eigenvalue weighted by atomic mass is 10.0. The Kier molecular flexibility index (Phi) is 4.74. The summed E-state index contributed by atoms with van der Waals surface area (Å²) in [5, 5.41) is 2.86. The molecule has 2 aromatic carbocycles. The average Bonchev–Trinajstić information content (AvgIpc) is 3.33. The van der Waals surface area contributed by atoms with Crippen LogP contribution in [-0.4, -0.2) is 29.0 Å². The van der Waals surface area contributed by atoms with E-state index in [-0.39, 0.29) is 30.4 Å². The molecule has 3 aromatic rings. The highest BCUT2D eigenvalue weighted by Gasteiger charge is 2.30. The number of rotatable bonds is 5. The van der Waals surface area contributed by atoms with E-state index in [1.54, 1.807) is 13.2 Å². The third-order valence-corrected chi connectivity index (χ3v) is 4.66. The smallest absolute Gasteiger partial charge is 0.238 e. The van der Waals surface area contributed by atoms with Gasteiger partial charge >= 0.3 is 0 Å². The fourth-order valence-electron chi connectivity index (χ4n) is 3.20. The summed E-state index contributed by atoms with van der Waals surface area (Å²) in [5.41, 5.74) is 8.54. The first-order valence-corrected chi connectivity index (χ1v) is 8.69. The van der Waals surface area contributed by atoms with Crippen molar-refractivity contribution in [3.63, 3.8) is 0 Å². The van der Waals surface area contributed by atoms with Crippen molar-refractivity contribution in [1.29, 1.82) is 0 Å². The molecule has 7 nitrogen and oxygen atoms in total. The predicted molar refractivity (Wildman–Crippen MR) is 98.3 cm³/mol. The van der Waals surface area contributed by atoms with Crippen molar-refractivity contribution in [2.24, 2.45) is 0 Å². The molecule has 4 rings (SSSR count). The number of imidazole rings is 1. The van der Waals surface area contributed by atoms with Gasteiger partial charge in [-0.05, 0) is 42.3 Å². The summed E-state index contributed by atoms with van der Waals surface area (Å²) in [6.45, 7) is 0.251. The van der Waals surface area contributed by atoms with Gasteiger partial charge in [-0.15, -0.1) is 0 Å². The van der Waals surface area contributed by atoms with Crippen LogP contribution in [0.25, 0.3) is 11.0 Å². The molecule has 0 saturated carbocycles. The predicted octanol–water partition coefficient (Wildman–Crippen LogP) is 1.93. The minimum Gasteiger partial charge on any atom is -0.497 e. The molecule has 1 saturated heterocycles. The minimum absolute atomic E-state index is 0.0424. The van der Waals surface area contributed by atoms with Gasteiger partial charge in [0.2, 0.25) is 5.91 Å². The van der Waals surface area contributed by atoms with E-state index in [4.69, 9.17) is 4.74 Å². The number of nitrogens with zero attached hydrogens (tertiary/aromatic N) is 1. The Morgan fingerprint density at radius 1 is 1.26 bits per heavy atom. The van der Waals surface area contributed by atoms with Crippen LogP contribution in [0.5, 0.6) is 5.75 Å². The molecule has 0 spiro atoms. The molecule has 2 atom stereocenters. The van der Waals surface area contributed by atoms with Crippen molar-refractivity contribution < 1.29 is 13.9 Å². The topological polar surface area (TPSA) is 91.1 Å². The summed E-state index contributed by atoms with van der Waals surface area (Å²) in [7, 11) is 1.63. The molecule has 1 aromatic heterocycles. The fourth-order valence-corrected chi connectivity index (χ4v) is 3.20. The first-order chi connectivity index (χ1) is 13.1. The maximum absolute atomic E-state index is 13.2. The molecule has 1 aliphatic heterocycles. The van der Waals surface area contributed by atoms with Crippen molar-refractivity contribution in [2.75, 3.05) is 7.11 Å². The van der Waals surface area contributed by atoms with E-state index in [0.717, 1.165) is 11.3 Å². The van der Waals surface area contributed by atoms with Gasteiger partial charge in [0.1, 0.15) is 23.4 Å². The number of amides is 1. The van der Waals surface area contributed by atoms with Gasteiger partial charge in [0.05, 0.1) is 24.7 Å². The number of fused-ring (bicyclic) bond motifs is 1.